The first kappa shape index (κ1) is 21.5. The van der Waals surface area contributed by atoms with E-state index in [1.54, 1.807) is 7.05 Å². The zero-order valence-electron chi connectivity index (χ0n) is 17.6. The summed E-state index contributed by atoms with van der Waals surface area (Å²) in [5, 5.41) is 7.24. The number of hydrogen-bond donors (Lipinski definition) is 2. The lowest BCUT2D eigenvalue weighted by Crippen LogP contribution is -2.44. The molecule has 2 aromatic rings. The van der Waals surface area contributed by atoms with Gasteiger partial charge in [0.15, 0.2) is 5.96 Å². The molecule has 1 atom stereocenters. The predicted octanol–water partition coefficient (Wildman–Crippen LogP) is 2.68. The average molecular weight is 413 g/mol. The van der Waals surface area contributed by atoms with Crippen LogP contribution in [0.15, 0.2) is 58.5 Å². The predicted molar refractivity (Wildman–Crippen MR) is 124 cm³/mol. The monoisotopic (exact) mass is 412 g/mol. The number of nitrogens with zero attached hydrogens (tertiary/aromatic N) is 4. The van der Waals surface area contributed by atoms with E-state index in [1.165, 1.54) is 4.90 Å². The van der Waals surface area contributed by atoms with Crippen molar-refractivity contribution in [3.8, 4) is 0 Å². The van der Waals surface area contributed by atoms with Gasteiger partial charge in [0, 0.05) is 62.7 Å². The van der Waals surface area contributed by atoms with Gasteiger partial charge in [-0.3, -0.25) is 4.99 Å². The van der Waals surface area contributed by atoms with Crippen LogP contribution >= 0.6 is 11.8 Å². The number of thioether (sulfide) groups is 1. The van der Waals surface area contributed by atoms with E-state index in [1.807, 2.05) is 24.0 Å². The Labute approximate surface area is 178 Å². The second kappa shape index (κ2) is 11.1. The highest BCUT2D eigenvalue weighted by molar-refractivity contribution is 8.00. The second-order valence-electron chi connectivity index (χ2n) is 7.36. The van der Waals surface area contributed by atoms with E-state index < -0.39 is 0 Å². The molecule has 29 heavy (non-hydrogen) atoms. The minimum Gasteiger partial charge on any atom is -0.355 e. The molecule has 0 aliphatic carbocycles. The Hall–Kier alpha value is -2.25. The number of aromatic nitrogens is 1. The van der Waals surface area contributed by atoms with E-state index in [0.29, 0.717) is 11.8 Å². The van der Waals surface area contributed by atoms with Crippen molar-refractivity contribution in [3.63, 3.8) is 0 Å². The van der Waals surface area contributed by atoms with Gasteiger partial charge in [-0.1, -0.05) is 31.2 Å². The molecule has 0 saturated carbocycles. The van der Waals surface area contributed by atoms with E-state index >= 15 is 0 Å². The number of piperazine rings is 1. The van der Waals surface area contributed by atoms with Crippen LogP contribution in [0.2, 0.25) is 0 Å². The van der Waals surface area contributed by atoms with Crippen LogP contribution in [-0.4, -0.2) is 67.9 Å². The molecule has 1 aromatic heterocycles. The van der Waals surface area contributed by atoms with Crippen LogP contribution in [0.3, 0.4) is 0 Å². The van der Waals surface area contributed by atoms with Crippen molar-refractivity contribution in [1.29, 1.82) is 0 Å². The van der Waals surface area contributed by atoms with Crippen molar-refractivity contribution in [1.82, 2.24) is 20.5 Å². The normalized spacial score (nSPS) is 16.5. The number of pyridine rings is 1. The van der Waals surface area contributed by atoms with Gasteiger partial charge in [-0.05, 0) is 30.8 Å². The number of likely N-dealkylation sites (N-methyl/N-ethyl adjacent to an activating group) is 1. The zero-order valence-corrected chi connectivity index (χ0v) is 18.5. The summed E-state index contributed by atoms with van der Waals surface area (Å²) in [5.41, 5.74) is 1.15. The Morgan fingerprint density at radius 3 is 2.52 bits per heavy atom. The molecule has 1 aliphatic heterocycles. The summed E-state index contributed by atoms with van der Waals surface area (Å²) in [5.74, 6) is 1.88. The minimum atomic E-state index is 0.445. The number of benzene rings is 1. The maximum absolute atomic E-state index is 4.66. The summed E-state index contributed by atoms with van der Waals surface area (Å²) in [7, 11) is 3.97. The second-order valence-corrected chi connectivity index (χ2v) is 8.88. The number of aliphatic imine (C=N–C) groups is 1. The van der Waals surface area contributed by atoms with E-state index in [9.17, 15) is 0 Å². The van der Waals surface area contributed by atoms with Gasteiger partial charge in [-0.2, -0.15) is 0 Å². The number of nitrogens with one attached hydrogen (secondary N) is 2. The van der Waals surface area contributed by atoms with Crippen LogP contribution < -0.4 is 15.5 Å². The smallest absolute Gasteiger partial charge is 0.191 e. The Morgan fingerprint density at radius 2 is 1.86 bits per heavy atom. The van der Waals surface area contributed by atoms with Crippen molar-refractivity contribution < 1.29 is 0 Å². The van der Waals surface area contributed by atoms with Gasteiger partial charge in [0.1, 0.15) is 5.82 Å². The van der Waals surface area contributed by atoms with Gasteiger partial charge in [0.05, 0.1) is 0 Å². The molecule has 0 radical (unpaired) electrons. The lowest BCUT2D eigenvalue weighted by atomic mass is 10.2. The first-order valence-electron chi connectivity index (χ1n) is 10.2. The van der Waals surface area contributed by atoms with Gasteiger partial charge in [-0.15, -0.1) is 11.8 Å². The van der Waals surface area contributed by atoms with Gasteiger partial charge in [-0.25, -0.2) is 4.98 Å². The third kappa shape index (κ3) is 6.94. The molecule has 6 nitrogen and oxygen atoms in total. The Bertz CT molecular complexity index is 757. The largest absolute Gasteiger partial charge is 0.355 e. The molecule has 1 saturated heterocycles. The molecule has 1 aromatic carbocycles. The average Bonchev–Trinajstić information content (AvgIpc) is 2.75. The zero-order chi connectivity index (χ0) is 20.5. The maximum Gasteiger partial charge on any atom is 0.191 e. The number of hydrogen-bond acceptors (Lipinski definition) is 5. The van der Waals surface area contributed by atoms with Crippen LogP contribution in [0, 0.1) is 0 Å². The summed E-state index contributed by atoms with van der Waals surface area (Å²) in [6.45, 7) is 8.03. The summed E-state index contributed by atoms with van der Waals surface area (Å²) >= 11 is 1.86. The van der Waals surface area contributed by atoms with E-state index in [0.717, 1.165) is 50.1 Å². The number of guanidine groups is 1. The molecule has 1 aliphatic rings. The highest BCUT2D eigenvalue weighted by Gasteiger charge is 2.15. The molecule has 7 heteroatoms. The molecule has 3 rings (SSSR count). The first-order chi connectivity index (χ1) is 14.1. The number of rotatable bonds is 7. The third-order valence-electron chi connectivity index (χ3n) is 4.96. The molecule has 0 bridgehead atoms. The highest BCUT2D eigenvalue weighted by Crippen LogP contribution is 2.21. The van der Waals surface area contributed by atoms with E-state index in [2.05, 4.69) is 80.8 Å². The van der Waals surface area contributed by atoms with E-state index in [-0.39, 0.29) is 0 Å². The molecule has 1 unspecified atom stereocenters. The highest BCUT2D eigenvalue weighted by atomic mass is 32.2. The van der Waals surface area contributed by atoms with Crippen LogP contribution in [0.25, 0.3) is 0 Å². The molecule has 0 amide bonds. The lowest BCUT2D eigenvalue weighted by molar-refractivity contribution is 0.312. The Balaban J connectivity index is 1.42. The van der Waals surface area contributed by atoms with Gasteiger partial charge in [0.2, 0.25) is 0 Å². The molecule has 1 fully saturated rings. The minimum absolute atomic E-state index is 0.445. The topological polar surface area (TPSA) is 55.8 Å². The summed E-state index contributed by atoms with van der Waals surface area (Å²) in [4.78, 5) is 15.0. The fourth-order valence-corrected chi connectivity index (χ4v) is 4.11. The van der Waals surface area contributed by atoms with Gasteiger partial charge < -0.3 is 20.4 Å². The van der Waals surface area contributed by atoms with Crippen molar-refractivity contribution in [2.75, 3.05) is 51.7 Å². The first-order valence-corrected chi connectivity index (χ1v) is 11.1. The quantitative estimate of drug-likeness (QED) is 0.414. The molecular formula is C22H32N6S. The van der Waals surface area contributed by atoms with Crippen LogP contribution in [0.1, 0.15) is 12.5 Å². The van der Waals surface area contributed by atoms with Gasteiger partial charge in [0.25, 0.3) is 0 Å². The Morgan fingerprint density at radius 1 is 1.10 bits per heavy atom. The summed E-state index contributed by atoms with van der Waals surface area (Å²) in [6, 6.07) is 14.8. The molecule has 2 N–H and O–H groups in total. The van der Waals surface area contributed by atoms with Crippen LogP contribution in [0.4, 0.5) is 5.82 Å². The van der Waals surface area contributed by atoms with Crippen LogP contribution in [-0.2, 0) is 6.54 Å². The maximum atomic E-state index is 4.66. The lowest BCUT2D eigenvalue weighted by Gasteiger charge is -2.33. The van der Waals surface area contributed by atoms with E-state index in [4.69, 9.17) is 0 Å². The fourth-order valence-electron chi connectivity index (χ4n) is 3.16. The molecular weight excluding hydrogens is 380 g/mol. The fraction of sp³-hybridized carbons (Fsp3) is 0.455. The molecule has 156 valence electrons. The standard InChI is InChI=1S/C22H32N6S/c1-18(29-20-7-5-4-6-8-20)15-25-22(23-2)26-17-19-9-10-21(24-16-19)28-13-11-27(3)12-14-28/h4-10,16,18H,11-15,17H2,1-3H3,(H2,23,25,26). The van der Waals surface area contributed by atoms with Crippen molar-refractivity contribution >= 4 is 23.5 Å². The summed E-state index contributed by atoms with van der Waals surface area (Å²) < 4.78 is 0. The molecule has 2 heterocycles. The van der Waals surface area contributed by atoms with Crippen molar-refractivity contribution in [2.45, 2.75) is 23.6 Å². The van der Waals surface area contributed by atoms with Crippen LogP contribution in [0.5, 0.6) is 0 Å². The van der Waals surface area contributed by atoms with Crippen molar-refractivity contribution in [3.05, 3.63) is 54.2 Å². The van der Waals surface area contributed by atoms with Gasteiger partial charge >= 0.3 is 0 Å². The third-order valence-corrected chi connectivity index (χ3v) is 6.07. The summed E-state index contributed by atoms with van der Waals surface area (Å²) in [6.07, 6.45) is 1.96. The SMILES string of the molecule is CN=C(NCc1ccc(N2CCN(C)CC2)nc1)NCC(C)Sc1ccccc1. The van der Waals surface area contributed by atoms with Crippen molar-refractivity contribution in [2.24, 2.45) is 4.99 Å². The number of anilines is 1. The molecule has 0 spiro atoms. The Kier molecular flexibility index (Phi) is 8.19.